The first-order valence-corrected chi connectivity index (χ1v) is 5.93. The van der Waals surface area contributed by atoms with Gasteiger partial charge in [-0.1, -0.05) is 26.2 Å². The lowest BCUT2D eigenvalue weighted by atomic mass is 10.1. The van der Waals surface area contributed by atoms with Crippen LogP contribution < -0.4 is 5.32 Å². The van der Waals surface area contributed by atoms with Gasteiger partial charge in [0, 0.05) is 6.04 Å². The summed E-state index contributed by atoms with van der Waals surface area (Å²) < 4.78 is 52.3. The fourth-order valence-electron chi connectivity index (χ4n) is 1.63. The van der Waals surface area contributed by atoms with Crippen LogP contribution in [0.15, 0.2) is 0 Å². The van der Waals surface area contributed by atoms with Crippen LogP contribution in [0.2, 0.25) is 0 Å². The van der Waals surface area contributed by atoms with Crippen LogP contribution in [0.25, 0.3) is 0 Å². The highest BCUT2D eigenvalue weighted by Crippen LogP contribution is 2.23. The van der Waals surface area contributed by atoms with Crippen molar-refractivity contribution in [3.8, 4) is 0 Å². The number of anilines is 1. The molecule has 0 fully saturated rings. The predicted molar refractivity (Wildman–Crippen MR) is 61.3 cm³/mol. The molecule has 1 aromatic heterocycles. The van der Waals surface area contributed by atoms with Crippen LogP contribution in [0.1, 0.15) is 39.5 Å². The van der Waals surface area contributed by atoms with E-state index in [-0.39, 0.29) is 6.04 Å². The van der Waals surface area contributed by atoms with E-state index in [0.717, 1.165) is 19.3 Å². The van der Waals surface area contributed by atoms with Gasteiger partial charge in [0.25, 0.3) is 11.9 Å². The van der Waals surface area contributed by atoms with Crippen molar-refractivity contribution < 1.29 is 17.6 Å². The molecule has 0 spiro atoms. The molecule has 0 saturated heterocycles. The Bertz CT molecular complexity index is 383. The lowest BCUT2D eigenvalue weighted by molar-refractivity contribution is 0.409. The van der Waals surface area contributed by atoms with Crippen molar-refractivity contribution in [2.75, 3.05) is 5.32 Å². The number of halogens is 4. The molecular weight excluding hydrogens is 248 g/mol. The summed E-state index contributed by atoms with van der Waals surface area (Å²) in [5.41, 5.74) is -0.788. The second-order valence-electron chi connectivity index (χ2n) is 4.24. The maximum Gasteiger partial charge on any atom is 0.253 e. The maximum absolute atomic E-state index is 13.3. The monoisotopic (exact) mass is 264 g/mol. The van der Waals surface area contributed by atoms with E-state index in [1.54, 1.807) is 6.92 Å². The summed E-state index contributed by atoms with van der Waals surface area (Å²) in [6.07, 6.45) is 3.56. The molecule has 1 unspecified atom stereocenters. The molecule has 0 bridgehead atoms. The van der Waals surface area contributed by atoms with Gasteiger partial charge in [0.15, 0.2) is 0 Å². The van der Waals surface area contributed by atoms with Crippen LogP contribution in [0.4, 0.5) is 23.2 Å². The summed E-state index contributed by atoms with van der Waals surface area (Å²) in [6, 6.07) is -0.276. The molecule has 102 valence electrons. The van der Waals surface area contributed by atoms with Crippen LogP contribution in [0.3, 0.4) is 0 Å². The number of aromatic nitrogens is 1. The van der Waals surface area contributed by atoms with Gasteiger partial charge in [-0.25, -0.2) is 0 Å². The van der Waals surface area contributed by atoms with E-state index in [1.165, 1.54) is 0 Å². The number of hydrogen-bond acceptors (Lipinski definition) is 2. The highest BCUT2D eigenvalue weighted by molar-refractivity contribution is 5.46. The van der Waals surface area contributed by atoms with E-state index in [4.69, 9.17) is 0 Å². The van der Waals surface area contributed by atoms with Crippen molar-refractivity contribution in [3.05, 3.63) is 23.5 Å². The van der Waals surface area contributed by atoms with Gasteiger partial charge in [-0.3, -0.25) is 0 Å². The minimum absolute atomic E-state index is 0.276. The van der Waals surface area contributed by atoms with Crippen molar-refractivity contribution in [1.29, 1.82) is 0 Å². The van der Waals surface area contributed by atoms with Gasteiger partial charge in [-0.05, 0) is 13.3 Å². The van der Waals surface area contributed by atoms with Gasteiger partial charge in [0.05, 0.1) is 0 Å². The van der Waals surface area contributed by atoms with Crippen molar-refractivity contribution in [2.45, 2.75) is 45.6 Å². The Balaban J connectivity index is 2.77. The Morgan fingerprint density at radius 1 is 1.06 bits per heavy atom. The third-order valence-electron chi connectivity index (χ3n) is 2.63. The van der Waals surface area contributed by atoms with Gasteiger partial charge in [0.2, 0.25) is 11.6 Å². The van der Waals surface area contributed by atoms with Crippen LogP contribution in [-0.4, -0.2) is 11.0 Å². The van der Waals surface area contributed by atoms with Crippen LogP contribution in [0, 0.1) is 23.5 Å². The molecule has 6 heteroatoms. The molecule has 0 aliphatic carbocycles. The minimum Gasteiger partial charge on any atom is -0.378 e. The summed E-state index contributed by atoms with van der Waals surface area (Å²) in [5, 5.41) is 2.45. The predicted octanol–water partition coefficient (Wildman–Crippen LogP) is 4.02. The molecule has 1 rings (SSSR count). The van der Waals surface area contributed by atoms with E-state index in [1.807, 2.05) is 6.92 Å². The number of nitrogens with one attached hydrogen (secondary N) is 1. The zero-order valence-corrected chi connectivity index (χ0v) is 10.4. The maximum atomic E-state index is 13.3. The fourth-order valence-corrected chi connectivity index (χ4v) is 1.63. The normalized spacial score (nSPS) is 12.6. The standard InChI is InChI=1S/C12H16F4N2/c1-3-4-5-6-7(2)17-10-8(13)11(15)18-12(16)9(10)14/h7H,3-6H2,1-2H3,(H,17,18). The van der Waals surface area contributed by atoms with Gasteiger partial charge in [-0.2, -0.15) is 22.5 Å². The lowest BCUT2D eigenvalue weighted by Gasteiger charge is -2.16. The molecule has 2 nitrogen and oxygen atoms in total. The summed E-state index contributed by atoms with van der Waals surface area (Å²) in [4.78, 5) is 2.49. The quantitative estimate of drug-likeness (QED) is 0.477. The van der Waals surface area contributed by atoms with E-state index in [2.05, 4.69) is 10.3 Å². The molecule has 1 N–H and O–H groups in total. The second kappa shape index (κ2) is 6.56. The Morgan fingerprint density at radius 2 is 1.61 bits per heavy atom. The molecule has 0 aromatic carbocycles. The number of unbranched alkanes of at least 4 members (excludes halogenated alkanes) is 2. The molecule has 1 aromatic rings. The summed E-state index contributed by atoms with van der Waals surface area (Å²) in [5.74, 6) is -6.26. The number of nitrogens with zero attached hydrogens (tertiary/aromatic N) is 1. The van der Waals surface area contributed by atoms with Crippen LogP contribution in [-0.2, 0) is 0 Å². The third-order valence-corrected chi connectivity index (χ3v) is 2.63. The van der Waals surface area contributed by atoms with E-state index in [0.29, 0.717) is 6.42 Å². The van der Waals surface area contributed by atoms with E-state index in [9.17, 15) is 17.6 Å². The van der Waals surface area contributed by atoms with E-state index >= 15 is 0 Å². The first kappa shape index (κ1) is 14.7. The number of pyridine rings is 1. The van der Waals surface area contributed by atoms with Gasteiger partial charge < -0.3 is 5.32 Å². The largest absolute Gasteiger partial charge is 0.378 e. The van der Waals surface area contributed by atoms with Crippen molar-refractivity contribution in [2.24, 2.45) is 0 Å². The fraction of sp³-hybridized carbons (Fsp3) is 0.583. The molecule has 0 saturated carbocycles. The summed E-state index contributed by atoms with van der Waals surface area (Å²) in [7, 11) is 0. The average molecular weight is 264 g/mol. The first-order valence-electron chi connectivity index (χ1n) is 5.93. The smallest absolute Gasteiger partial charge is 0.253 e. The topological polar surface area (TPSA) is 24.9 Å². The Hall–Kier alpha value is -1.33. The molecule has 0 aliphatic heterocycles. The zero-order valence-electron chi connectivity index (χ0n) is 10.4. The number of rotatable bonds is 6. The lowest BCUT2D eigenvalue weighted by Crippen LogP contribution is -2.19. The van der Waals surface area contributed by atoms with Crippen molar-refractivity contribution >= 4 is 5.69 Å². The molecule has 1 heterocycles. The zero-order chi connectivity index (χ0) is 13.7. The number of hydrogen-bond donors (Lipinski definition) is 1. The molecule has 0 aliphatic rings. The van der Waals surface area contributed by atoms with Crippen molar-refractivity contribution in [3.63, 3.8) is 0 Å². The Labute approximate surface area is 103 Å². The van der Waals surface area contributed by atoms with Crippen molar-refractivity contribution in [1.82, 2.24) is 4.98 Å². The summed E-state index contributed by atoms with van der Waals surface area (Å²) >= 11 is 0. The van der Waals surface area contributed by atoms with Gasteiger partial charge in [-0.15, -0.1) is 0 Å². The minimum atomic E-state index is -1.64. The van der Waals surface area contributed by atoms with Gasteiger partial charge >= 0.3 is 0 Å². The SMILES string of the molecule is CCCCCC(C)Nc1c(F)c(F)nc(F)c1F. The summed E-state index contributed by atoms with van der Waals surface area (Å²) in [6.45, 7) is 3.73. The molecule has 0 amide bonds. The highest BCUT2D eigenvalue weighted by atomic mass is 19.2. The third kappa shape index (κ3) is 3.58. The van der Waals surface area contributed by atoms with Crippen LogP contribution >= 0.6 is 0 Å². The highest BCUT2D eigenvalue weighted by Gasteiger charge is 2.21. The Morgan fingerprint density at radius 3 is 2.11 bits per heavy atom. The van der Waals surface area contributed by atoms with Crippen LogP contribution in [0.5, 0.6) is 0 Å². The molecule has 18 heavy (non-hydrogen) atoms. The Kier molecular flexibility index (Phi) is 5.37. The average Bonchev–Trinajstić information content (AvgIpc) is 2.32. The molecular formula is C12H16F4N2. The second-order valence-corrected chi connectivity index (χ2v) is 4.24. The van der Waals surface area contributed by atoms with E-state index < -0.39 is 29.2 Å². The molecule has 0 radical (unpaired) electrons. The first-order chi connectivity index (χ1) is 8.47. The molecule has 1 atom stereocenters. The van der Waals surface area contributed by atoms with Gasteiger partial charge in [0.1, 0.15) is 5.69 Å².